The normalized spacial score (nSPS) is 20.9. The molecule has 1 saturated carbocycles. The van der Waals surface area contributed by atoms with Crippen LogP contribution in [0.1, 0.15) is 24.8 Å². The van der Waals surface area contributed by atoms with Gasteiger partial charge in [-0.25, -0.2) is 0 Å². The fraction of sp³-hybridized carbons (Fsp3) is 0.571. The van der Waals surface area contributed by atoms with Crippen LogP contribution in [0.3, 0.4) is 0 Å². The SMILES string of the molecule is NCC1(CCN2CCc3ccccc32)CC1. The Labute approximate surface area is 97.4 Å². The van der Waals surface area contributed by atoms with E-state index >= 15 is 0 Å². The minimum Gasteiger partial charge on any atom is -0.371 e. The van der Waals surface area contributed by atoms with Gasteiger partial charge in [0, 0.05) is 18.8 Å². The van der Waals surface area contributed by atoms with Crippen molar-refractivity contribution in [3.05, 3.63) is 29.8 Å². The summed E-state index contributed by atoms with van der Waals surface area (Å²) in [5, 5.41) is 0. The highest BCUT2D eigenvalue weighted by Crippen LogP contribution is 2.48. The number of nitrogens with two attached hydrogens (primary N) is 1. The molecular formula is C14H20N2. The van der Waals surface area contributed by atoms with E-state index in [4.69, 9.17) is 5.73 Å². The van der Waals surface area contributed by atoms with Crippen LogP contribution in [0.2, 0.25) is 0 Å². The topological polar surface area (TPSA) is 29.3 Å². The van der Waals surface area contributed by atoms with Crippen molar-refractivity contribution in [2.24, 2.45) is 11.1 Å². The number of anilines is 1. The number of hydrogen-bond acceptors (Lipinski definition) is 2. The highest BCUT2D eigenvalue weighted by molar-refractivity contribution is 5.57. The fourth-order valence-corrected chi connectivity index (χ4v) is 2.74. The third-order valence-corrected chi connectivity index (χ3v) is 4.29. The largest absolute Gasteiger partial charge is 0.371 e. The first-order valence-corrected chi connectivity index (χ1v) is 6.36. The van der Waals surface area contributed by atoms with Gasteiger partial charge in [-0.3, -0.25) is 0 Å². The van der Waals surface area contributed by atoms with Crippen molar-refractivity contribution in [1.82, 2.24) is 0 Å². The van der Waals surface area contributed by atoms with Crippen LogP contribution in [0.4, 0.5) is 5.69 Å². The second-order valence-electron chi connectivity index (χ2n) is 5.32. The van der Waals surface area contributed by atoms with Crippen LogP contribution >= 0.6 is 0 Å². The molecule has 0 spiro atoms. The predicted octanol–water partition coefficient (Wildman–Crippen LogP) is 2.18. The molecule has 2 aliphatic rings. The lowest BCUT2D eigenvalue weighted by molar-refractivity contribution is 0.477. The lowest BCUT2D eigenvalue weighted by Gasteiger charge is -2.22. The first kappa shape index (κ1) is 10.2. The highest BCUT2D eigenvalue weighted by Gasteiger charge is 2.41. The summed E-state index contributed by atoms with van der Waals surface area (Å²) in [6.45, 7) is 3.26. The molecule has 16 heavy (non-hydrogen) atoms. The zero-order chi connectivity index (χ0) is 11.0. The summed E-state index contributed by atoms with van der Waals surface area (Å²) < 4.78 is 0. The highest BCUT2D eigenvalue weighted by atomic mass is 15.1. The molecule has 2 N–H and O–H groups in total. The Balaban J connectivity index is 1.65. The van der Waals surface area contributed by atoms with Crippen molar-refractivity contribution in [3.63, 3.8) is 0 Å². The molecule has 0 bridgehead atoms. The zero-order valence-electron chi connectivity index (χ0n) is 9.78. The molecule has 0 amide bonds. The van der Waals surface area contributed by atoms with Crippen LogP contribution in [0.5, 0.6) is 0 Å². The van der Waals surface area contributed by atoms with Crippen LogP contribution in [-0.4, -0.2) is 19.6 Å². The molecule has 1 aromatic carbocycles. The molecule has 0 radical (unpaired) electrons. The van der Waals surface area contributed by atoms with Crippen LogP contribution in [0, 0.1) is 5.41 Å². The maximum Gasteiger partial charge on any atom is 0.0399 e. The average molecular weight is 216 g/mol. The van der Waals surface area contributed by atoms with Gasteiger partial charge in [0.05, 0.1) is 0 Å². The van der Waals surface area contributed by atoms with Crippen molar-refractivity contribution < 1.29 is 0 Å². The fourth-order valence-electron chi connectivity index (χ4n) is 2.74. The summed E-state index contributed by atoms with van der Waals surface area (Å²) >= 11 is 0. The lowest BCUT2D eigenvalue weighted by Crippen LogP contribution is -2.26. The second kappa shape index (κ2) is 3.77. The van der Waals surface area contributed by atoms with Gasteiger partial charge < -0.3 is 10.6 Å². The molecule has 0 saturated heterocycles. The maximum atomic E-state index is 5.83. The molecule has 1 aliphatic carbocycles. The van der Waals surface area contributed by atoms with E-state index in [1.54, 1.807) is 0 Å². The van der Waals surface area contributed by atoms with Crippen LogP contribution < -0.4 is 10.6 Å². The quantitative estimate of drug-likeness (QED) is 0.836. The number of rotatable bonds is 4. The Morgan fingerprint density at radius 3 is 2.81 bits per heavy atom. The van der Waals surface area contributed by atoms with Crippen molar-refractivity contribution in [3.8, 4) is 0 Å². The van der Waals surface area contributed by atoms with Gasteiger partial charge >= 0.3 is 0 Å². The summed E-state index contributed by atoms with van der Waals surface area (Å²) in [4.78, 5) is 2.53. The number of hydrogen-bond donors (Lipinski definition) is 1. The summed E-state index contributed by atoms with van der Waals surface area (Å²) in [6, 6.07) is 8.80. The van der Waals surface area contributed by atoms with E-state index < -0.39 is 0 Å². The van der Waals surface area contributed by atoms with Crippen molar-refractivity contribution in [2.45, 2.75) is 25.7 Å². The van der Waals surface area contributed by atoms with Gasteiger partial charge in [0.25, 0.3) is 0 Å². The third kappa shape index (κ3) is 1.71. The molecule has 1 fully saturated rings. The van der Waals surface area contributed by atoms with Gasteiger partial charge in [-0.1, -0.05) is 18.2 Å². The van der Waals surface area contributed by atoms with E-state index in [2.05, 4.69) is 29.2 Å². The summed E-state index contributed by atoms with van der Waals surface area (Å²) in [5.41, 5.74) is 9.31. The van der Waals surface area contributed by atoms with E-state index in [0.717, 1.165) is 6.54 Å². The monoisotopic (exact) mass is 216 g/mol. The van der Waals surface area contributed by atoms with Crippen molar-refractivity contribution in [2.75, 3.05) is 24.5 Å². The molecule has 0 atom stereocenters. The molecule has 3 rings (SSSR count). The number of benzene rings is 1. The molecule has 0 aromatic heterocycles. The third-order valence-electron chi connectivity index (χ3n) is 4.29. The van der Waals surface area contributed by atoms with Crippen LogP contribution in [0.15, 0.2) is 24.3 Å². The van der Waals surface area contributed by atoms with Gasteiger partial charge in [-0.05, 0) is 49.3 Å². The van der Waals surface area contributed by atoms with E-state index in [1.807, 2.05) is 0 Å². The van der Waals surface area contributed by atoms with E-state index in [9.17, 15) is 0 Å². The Morgan fingerprint density at radius 2 is 2.06 bits per heavy atom. The van der Waals surface area contributed by atoms with Crippen LogP contribution in [-0.2, 0) is 6.42 Å². The minimum absolute atomic E-state index is 0.511. The van der Waals surface area contributed by atoms with Gasteiger partial charge in [0.2, 0.25) is 0 Å². The van der Waals surface area contributed by atoms with E-state index in [1.165, 1.54) is 50.0 Å². The van der Waals surface area contributed by atoms with Crippen molar-refractivity contribution in [1.29, 1.82) is 0 Å². The Morgan fingerprint density at radius 1 is 1.25 bits per heavy atom. The first-order valence-electron chi connectivity index (χ1n) is 6.36. The average Bonchev–Trinajstić information content (AvgIpc) is 3.01. The molecule has 0 unspecified atom stereocenters. The summed E-state index contributed by atoms with van der Waals surface area (Å²) in [6.07, 6.45) is 5.18. The molecule has 1 aromatic rings. The molecule has 2 heteroatoms. The smallest absolute Gasteiger partial charge is 0.0399 e. The van der Waals surface area contributed by atoms with E-state index in [-0.39, 0.29) is 0 Å². The molecular weight excluding hydrogens is 196 g/mol. The summed E-state index contributed by atoms with van der Waals surface area (Å²) in [5.74, 6) is 0. The Hall–Kier alpha value is -1.02. The van der Waals surface area contributed by atoms with Gasteiger partial charge in [-0.15, -0.1) is 0 Å². The molecule has 2 nitrogen and oxygen atoms in total. The maximum absolute atomic E-state index is 5.83. The summed E-state index contributed by atoms with van der Waals surface area (Å²) in [7, 11) is 0. The van der Waals surface area contributed by atoms with E-state index in [0.29, 0.717) is 5.41 Å². The van der Waals surface area contributed by atoms with Gasteiger partial charge in [0.1, 0.15) is 0 Å². The molecule has 1 heterocycles. The Kier molecular flexibility index (Phi) is 2.40. The first-order chi connectivity index (χ1) is 7.83. The van der Waals surface area contributed by atoms with Gasteiger partial charge in [-0.2, -0.15) is 0 Å². The number of para-hydroxylation sites is 1. The molecule has 1 aliphatic heterocycles. The lowest BCUT2D eigenvalue weighted by atomic mass is 10.0. The second-order valence-corrected chi connectivity index (χ2v) is 5.32. The predicted molar refractivity (Wildman–Crippen MR) is 67.7 cm³/mol. The van der Waals surface area contributed by atoms with Crippen LogP contribution in [0.25, 0.3) is 0 Å². The molecule has 86 valence electrons. The van der Waals surface area contributed by atoms with Gasteiger partial charge in [0.15, 0.2) is 0 Å². The number of nitrogens with zero attached hydrogens (tertiary/aromatic N) is 1. The van der Waals surface area contributed by atoms with Crippen molar-refractivity contribution >= 4 is 5.69 Å². The Bertz CT molecular complexity index is 382. The standard InChI is InChI=1S/C14H20N2/c15-11-14(6-7-14)8-10-16-9-5-12-3-1-2-4-13(12)16/h1-4H,5-11,15H2. The zero-order valence-corrected chi connectivity index (χ0v) is 9.78. The number of fused-ring (bicyclic) bond motifs is 1. The minimum atomic E-state index is 0.511.